The van der Waals surface area contributed by atoms with Crippen molar-refractivity contribution in [2.45, 2.75) is 18.5 Å². The van der Waals surface area contributed by atoms with Gasteiger partial charge in [0.1, 0.15) is 11.6 Å². The van der Waals surface area contributed by atoms with Crippen LogP contribution >= 0.6 is 0 Å². The molecule has 2 unspecified atom stereocenters. The van der Waals surface area contributed by atoms with Gasteiger partial charge in [-0.05, 0) is 49.9 Å². The number of anilines is 4. The van der Waals surface area contributed by atoms with Gasteiger partial charge in [0.2, 0.25) is 16.0 Å². The molecule has 33 heavy (non-hydrogen) atoms. The molecule has 0 amide bonds. The highest BCUT2D eigenvalue weighted by Crippen LogP contribution is 2.35. The number of likely N-dealkylation sites (tertiary alicyclic amines) is 1. The summed E-state index contributed by atoms with van der Waals surface area (Å²) in [6.45, 7) is 1.81. The average molecular weight is 470 g/mol. The molecule has 0 radical (unpaired) electrons. The molecular formula is C22H24FN7O2S. The second-order valence-electron chi connectivity index (χ2n) is 8.50. The smallest absolute Gasteiger partial charge is 0.230 e. The Hall–Kier alpha value is -3.31. The Morgan fingerprint density at radius 1 is 1.09 bits per heavy atom. The third-order valence-corrected chi connectivity index (χ3v) is 6.61. The number of piperazine rings is 1. The van der Waals surface area contributed by atoms with Gasteiger partial charge in [-0.2, -0.15) is 0 Å². The largest absolute Gasteiger partial charge is 0.363 e. The van der Waals surface area contributed by atoms with Crippen LogP contribution in [0.2, 0.25) is 0 Å². The van der Waals surface area contributed by atoms with Gasteiger partial charge in [-0.1, -0.05) is 0 Å². The molecule has 1 aromatic carbocycles. The lowest BCUT2D eigenvalue weighted by Crippen LogP contribution is -2.44. The SMILES string of the molecule is CN1CC2CC1CN2c1ccc(Nc2nccc(-c3ccc(NS(C)(=O)=O)nc3)n2)cc1F. The van der Waals surface area contributed by atoms with Gasteiger partial charge in [0.25, 0.3) is 0 Å². The Balaban J connectivity index is 1.30. The first-order valence-electron chi connectivity index (χ1n) is 10.6. The number of sulfonamides is 1. The molecule has 2 aliphatic rings. The van der Waals surface area contributed by atoms with Crippen molar-refractivity contribution < 1.29 is 12.8 Å². The molecular weight excluding hydrogens is 445 g/mol. The minimum absolute atomic E-state index is 0.224. The Morgan fingerprint density at radius 3 is 2.58 bits per heavy atom. The van der Waals surface area contributed by atoms with Crippen LogP contribution in [-0.2, 0) is 10.0 Å². The Bertz CT molecular complexity index is 1280. The molecule has 9 nitrogen and oxygen atoms in total. The molecule has 11 heteroatoms. The molecule has 5 rings (SSSR count). The van der Waals surface area contributed by atoms with Crippen molar-refractivity contribution >= 4 is 33.2 Å². The predicted molar refractivity (Wildman–Crippen MR) is 126 cm³/mol. The molecule has 2 saturated heterocycles. The summed E-state index contributed by atoms with van der Waals surface area (Å²) in [5.74, 6) is 0.270. The van der Waals surface area contributed by atoms with Crippen molar-refractivity contribution in [1.29, 1.82) is 0 Å². The van der Waals surface area contributed by atoms with Gasteiger partial charge < -0.3 is 10.2 Å². The molecule has 2 atom stereocenters. The van der Waals surface area contributed by atoms with Crippen molar-refractivity contribution in [2.24, 2.45) is 0 Å². The highest BCUT2D eigenvalue weighted by atomic mass is 32.2. The number of likely N-dealkylation sites (N-methyl/N-ethyl adjacent to an activating group) is 1. The molecule has 2 fully saturated rings. The van der Waals surface area contributed by atoms with Gasteiger partial charge in [-0.3, -0.25) is 9.62 Å². The van der Waals surface area contributed by atoms with E-state index in [1.807, 2.05) is 6.07 Å². The van der Waals surface area contributed by atoms with E-state index in [4.69, 9.17) is 0 Å². The summed E-state index contributed by atoms with van der Waals surface area (Å²) in [4.78, 5) is 17.3. The van der Waals surface area contributed by atoms with E-state index < -0.39 is 10.0 Å². The van der Waals surface area contributed by atoms with Gasteiger partial charge in [0.05, 0.1) is 17.6 Å². The first kappa shape index (κ1) is 21.5. The summed E-state index contributed by atoms with van der Waals surface area (Å²) in [7, 11) is -1.28. The van der Waals surface area contributed by atoms with Gasteiger partial charge in [-0.15, -0.1) is 0 Å². The highest BCUT2D eigenvalue weighted by molar-refractivity contribution is 7.92. The maximum absolute atomic E-state index is 14.9. The van der Waals surface area contributed by atoms with Gasteiger partial charge >= 0.3 is 0 Å². The highest BCUT2D eigenvalue weighted by Gasteiger charge is 2.42. The number of fused-ring (bicyclic) bond motifs is 2. The molecule has 3 aromatic rings. The zero-order chi connectivity index (χ0) is 23.2. The first-order chi connectivity index (χ1) is 15.7. The van der Waals surface area contributed by atoms with E-state index in [1.165, 1.54) is 12.3 Å². The van der Waals surface area contributed by atoms with Crippen molar-refractivity contribution in [3.8, 4) is 11.3 Å². The lowest BCUT2D eigenvalue weighted by atomic mass is 10.2. The van der Waals surface area contributed by atoms with E-state index >= 15 is 0 Å². The van der Waals surface area contributed by atoms with Crippen LogP contribution in [0.4, 0.5) is 27.5 Å². The molecule has 0 saturated carbocycles. The Kier molecular flexibility index (Phi) is 5.37. The fraction of sp³-hybridized carbons (Fsp3) is 0.318. The monoisotopic (exact) mass is 469 g/mol. The zero-order valence-electron chi connectivity index (χ0n) is 18.2. The number of hydrogen-bond acceptors (Lipinski definition) is 8. The number of rotatable bonds is 6. The fourth-order valence-electron chi connectivity index (χ4n) is 4.48. The number of nitrogens with one attached hydrogen (secondary N) is 2. The quantitative estimate of drug-likeness (QED) is 0.568. The number of hydrogen-bond donors (Lipinski definition) is 2. The van der Waals surface area contributed by atoms with Crippen LogP contribution in [0.1, 0.15) is 6.42 Å². The van der Waals surface area contributed by atoms with E-state index in [0.29, 0.717) is 40.7 Å². The third-order valence-electron chi connectivity index (χ3n) is 6.03. The van der Waals surface area contributed by atoms with Gasteiger partial charge in [0.15, 0.2) is 0 Å². The Morgan fingerprint density at radius 2 is 1.94 bits per heavy atom. The van der Waals surface area contributed by atoms with E-state index in [2.05, 4.69) is 41.8 Å². The topological polar surface area (TPSA) is 103 Å². The van der Waals surface area contributed by atoms with Crippen LogP contribution in [0.3, 0.4) is 0 Å². The minimum atomic E-state index is -3.40. The van der Waals surface area contributed by atoms with E-state index in [9.17, 15) is 12.8 Å². The normalized spacial score (nSPS) is 20.3. The van der Waals surface area contributed by atoms with Crippen LogP contribution in [0.25, 0.3) is 11.3 Å². The van der Waals surface area contributed by atoms with Crippen LogP contribution in [-0.4, -0.2) is 66.7 Å². The molecule has 2 bridgehead atoms. The predicted octanol–water partition coefficient (Wildman–Crippen LogP) is 2.69. The maximum atomic E-state index is 14.9. The molecule has 172 valence electrons. The summed E-state index contributed by atoms with van der Waals surface area (Å²) in [5, 5.41) is 3.06. The zero-order valence-corrected chi connectivity index (χ0v) is 19.1. The number of nitrogens with zero attached hydrogens (tertiary/aromatic N) is 5. The molecule has 0 spiro atoms. The number of halogens is 1. The van der Waals surface area contributed by atoms with Crippen LogP contribution < -0.4 is 14.9 Å². The summed E-state index contributed by atoms with van der Waals surface area (Å²) < 4.78 is 39.9. The standard InChI is InChI=1S/C22H24FN7O2S/c1-29-12-17-10-16(29)13-30(17)20-5-4-15(9-18(20)23)26-22-24-8-7-19(27-22)14-3-6-21(25-11-14)28-33(2,31)32/h3-9,11,16-17H,10,12-13H2,1-2H3,(H,25,28)(H,24,26,27). The Labute approximate surface area is 191 Å². The summed E-state index contributed by atoms with van der Waals surface area (Å²) >= 11 is 0. The number of aromatic nitrogens is 3. The lowest BCUT2D eigenvalue weighted by Gasteiger charge is -2.33. The fourth-order valence-corrected chi connectivity index (χ4v) is 4.98. The summed E-state index contributed by atoms with van der Waals surface area (Å²) in [6, 6.07) is 10.9. The molecule has 4 heterocycles. The van der Waals surface area contributed by atoms with E-state index in [1.54, 1.807) is 30.5 Å². The van der Waals surface area contributed by atoms with Gasteiger partial charge in [-0.25, -0.2) is 27.8 Å². The molecule has 2 aromatic heterocycles. The van der Waals surface area contributed by atoms with Crippen molar-refractivity contribution in [1.82, 2.24) is 19.9 Å². The van der Waals surface area contributed by atoms with Crippen LogP contribution in [0, 0.1) is 5.82 Å². The number of pyridine rings is 1. The van der Waals surface area contributed by atoms with Crippen molar-refractivity contribution in [3.63, 3.8) is 0 Å². The van der Waals surface area contributed by atoms with Gasteiger partial charge in [0, 0.05) is 48.8 Å². The molecule has 2 N–H and O–H groups in total. The second kappa shape index (κ2) is 8.23. The average Bonchev–Trinajstić information content (AvgIpc) is 3.33. The second-order valence-corrected chi connectivity index (χ2v) is 10.2. The minimum Gasteiger partial charge on any atom is -0.363 e. The maximum Gasteiger partial charge on any atom is 0.230 e. The first-order valence-corrected chi connectivity index (χ1v) is 12.4. The number of benzene rings is 1. The van der Waals surface area contributed by atoms with E-state index in [-0.39, 0.29) is 11.6 Å². The van der Waals surface area contributed by atoms with E-state index in [0.717, 1.165) is 25.8 Å². The van der Waals surface area contributed by atoms with Crippen molar-refractivity contribution in [3.05, 3.63) is 54.6 Å². The third kappa shape index (κ3) is 4.60. The van der Waals surface area contributed by atoms with Crippen LogP contribution in [0.5, 0.6) is 0 Å². The van der Waals surface area contributed by atoms with Crippen LogP contribution in [0.15, 0.2) is 48.8 Å². The summed E-state index contributed by atoms with van der Waals surface area (Å²) in [6.07, 6.45) is 5.26. The van der Waals surface area contributed by atoms with Crippen molar-refractivity contribution in [2.75, 3.05) is 41.3 Å². The molecule has 2 aliphatic heterocycles. The summed E-state index contributed by atoms with van der Waals surface area (Å²) in [5.41, 5.74) is 2.47. The molecule has 0 aliphatic carbocycles. The lowest BCUT2D eigenvalue weighted by molar-refractivity contribution is 0.292.